The van der Waals surface area contributed by atoms with Crippen LogP contribution in [0.1, 0.15) is 60.3 Å². The van der Waals surface area contributed by atoms with E-state index in [1.807, 2.05) is 19.1 Å². The van der Waals surface area contributed by atoms with E-state index in [0.29, 0.717) is 18.8 Å². The monoisotopic (exact) mass is 419 g/mol. The van der Waals surface area contributed by atoms with Gasteiger partial charge in [-0.25, -0.2) is 0 Å². The first-order valence-electron chi connectivity index (χ1n) is 11.2. The SMILES string of the molecule is CC1=C[C@@H]2/C=C(\C)CC[C@@H](O)[C@H](O)[C@@H](O)CC(=O)[C@]23C(=O)N[C@@H](CC(C)C)[C@@H]3[C@@H]1C. The van der Waals surface area contributed by atoms with E-state index >= 15 is 0 Å². The summed E-state index contributed by atoms with van der Waals surface area (Å²) in [5.41, 5.74) is 0.834. The molecule has 6 nitrogen and oxygen atoms in total. The molecule has 1 saturated heterocycles. The highest BCUT2D eigenvalue weighted by atomic mass is 16.4. The van der Waals surface area contributed by atoms with E-state index in [1.165, 1.54) is 5.57 Å². The molecule has 1 heterocycles. The number of nitrogens with one attached hydrogen (secondary N) is 1. The average molecular weight is 420 g/mol. The minimum atomic E-state index is -1.41. The molecule has 0 radical (unpaired) electrons. The van der Waals surface area contributed by atoms with Crippen LogP contribution in [0.2, 0.25) is 0 Å². The number of carbonyl (C=O) groups is 2. The number of hydrogen-bond acceptors (Lipinski definition) is 5. The van der Waals surface area contributed by atoms with E-state index in [4.69, 9.17) is 0 Å². The fourth-order valence-electron chi connectivity index (χ4n) is 5.88. The Labute approximate surface area is 179 Å². The summed E-state index contributed by atoms with van der Waals surface area (Å²) >= 11 is 0. The molecule has 3 aliphatic rings. The van der Waals surface area contributed by atoms with Crippen molar-refractivity contribution in [1.82, 2.24) is 5.32 Å². The molecule has 1 fully saturated rings. The fraction of sp³-hybridized carbons (Fsp3) is 0.750. The van der Waals surface area contributed by atoms with Crippen molar-refractivity contribution in [3.05, 3.63) is 23.3 Å². The molecular weight excluding hydrogens is 382 g/mol. The van der Waals surface area contributed by atoms with E-state index in [2.05, 4.69) is 33.0 Å². The lowest BCUT2D eigenvalue weighted by atomic mass is 9.54. The van der Waals surface area contributed by atoms with Crippen LogP contribution in [-0.4, -0.2) is 51.4 Å². The van der Waals surface area contributed by atoms with Crippen molar-refractivity contribution in [3.8, 4) is 0 Å². The smallest absolute Gasteiger partial charge is 0.235 e. The highest BCUT2D eigenvalue weighted by Gasteiger charge is 2.65. The summed E-state index contributed by atoms with van der Waals surface area (Å²) in [5.74, 6) is -0.827. The normalized spacial score (nSPS) is 44.4. The third-order valence-electron chi connectivity index (χ3n) is 7.54. The Morgan fingerprint density at radius 1 is 1.13 bits per heavy atom. The zero-order chi connectivity index (χ0) is 22.4. The van der Waals surface area contributed by atoms with Gasteiger partial charge < -0.3 is 20.6 Å². The van der Waals surface area contributed by atoms with Crippen LogP contribution in [0.5, 0.6) is 0 Å². The van der Waals surface area contributed by atoms with Crippen molar-refractivity contribution in [2.45, 2.75) is 84.7 Å². The molecule has 0 aromatic heterocycles. The van der Waals surface area contributed by atoms with Crippen LogP contribution in [0.15, 0.2) is 23.3 Å². The number of Topliss-reactive ketones (excluding diaryl/α,β-unsaturated/α-hetero) is 1. The van der Waals surface area contributed by atoms with Crippen molar-refractivity contribution in [2.75, 3.05) is 0 Å². The molecule has 4 N–H and O–H groups in total. The molecule has 1 amide bonds. The molecule has 0 bridgehead atoms. The number of ketones is 1. The van der Waals surface area contributed by atoms with E-state index in [9.17, 15) is 24.9 Å². The summed E-state index contributed by atoms with van der Waals surface area (Å²) in [6.45, 7) is 10.3. The van der Waals surface area contributed by atoms with Gasteiger partial charge >= 0.3 is 0 Å². The topological polar surface area (TPSA) is 107 Å². The van der Waals surface area contributed by atoms with Gasteiger partial charge in [-0.1, -0.05) is 44.1 Å². The van der Waals surface area contributed by atoms with Crippen molar-refractivity contribution < 1.29 is 24.9 Å². The Balaban J connectivity index is 2.18. The first kappa shape index (κ1) is 23.2. The van der Waals surface area contributed by atoms with Gasteiger partial charge in [-0.05, 0) is 44.9 Å². The van der Waals surface area contributed by atoms with Crippen molar-refractivity contribution in [3.63, 3.8) is 0 Å². The predicted octanol–water partition coefficient (Wildman–Crippen LogP) is 2.13. The summed E-state index contributed by atoms with van der Waals surface area (Å²) in [5, 5.41) is 34.3. The van der Waals surface area contributed by atoms with Gasteiger partial charge in [0.25, 0.3) is 0 Å². The lowest BCUT2D eigenvalue weighted by Gasteiger charge is -2.45. The molecule has 0 unspecified atom stereocenters. The van der Waals surface area contributed by atoms with Gasteiger partial charge in [-0.3, -0.25) is 9.59 Å². The van der Waals surface area contributed by atoms with Gasteiger partial charge in [-0.2, -0.15) is 0 Å². The maximum atomic E-state index is 13.8. The number of carbonyl (C=O) groups excluding carboxylic acids is 2. The lowest BCUT2D eigenvalue weighted by molar-refractivity contribution is -0.148. The second-order valence-electron chi connectivity index (χ2n) is 10.1. The van der Waals surface area contributed by atoms with Gasteiger partial charge in [0.15, 0.2) is 5.78 Å². The van der Waals surface area contributed by atoms with Crippen LogP contribution in [0.3, 0.4) is 0 Å². The fourth-order valence-corrected chi connectivity index (χ4v) is 5.88. The predicted molar refractivity (Wildman–Crippen MR) is 114 cm³/mol. The molecule has 0 aromatic carbocycles. The van der Waals surface area contributed by atoms with Crippen molar-refractivity contribution in [2.24, 2.45) is 29.1 Å². The molecule has 3 rings (SSSR count). The van der Waals surface area contributed by atoms with Crippen molar-refractivity contribution >= 4 is 11.7 Å². The van der Waals surface area contributed by atoms with Gasteiger partial charge in [0.2, 0.25) is 5.91 Å². The molecule has 0 saturated carbocycles. The zero-order valence-electron chi connectivity index (χ0n) is 18.8. The molecule has 6 heteroatoms. The Morgan fingerprint density at radius 3 is 2.43 bits per heavy atom. The van der Waals surface area contributed by atoms with Crippen LogP contribution < -0.4 is 5.32 Å². The number of aliphatic hydroxyl groups excluding tert-OH is 3. The Hall–Kier alpha value is -1.50. The maximum Gasteiger partial charge on any atom is 0.235 e. The molecular formula is C24H37NO5. The van der Waals surface area contributed by atoms with E-state index in [-0.39, 0.29) is 36.0 Å². The quantitative estimate of drug-likeness (QED) is 0.405. The minimum absolute atomic E-state index is 0.0411. The third-order valence-corrected chi connectivity index (χ3v) is 7.54. The summed E-state index contributed by atoms with van der Waals surface area (Å²) < 4.78 is 0. The van der Waals surface area contributed by atoms with Crippen LogP contribution in [0.25, 0.3) is 0 Å². The highest BCUT2D eigenvalue weighted by Crippen LogP contribution is 2.55. The Morgan fingerprint density at radius 2 is 1.80 bits per heavy atom. The van der Waals surface area contributed by atoms with E-state index in [1.54, 1.807) is 0 Å². The second kappa shape index (κ2) is 8.56. The maximum absolute atomic E-state index is 13.8. The highest BCUT2D eigenvalue weighted by molar-refractivity contribution is 6.09. The molecule has 30 heavy (non-hydrogen) atoms. The standard InChI is InChI=1S/C24H37NO5/c1-12(2)8-17-21-15(5)14(4)10-16-9-13(3)6-7-18(26)22(29)19(27)11-20(28)24(16,21)23(30)25-17/h9-10,12,15-19,21-22,26-27,29H,6-8,11H2,1-5H3,(H,25,30)/b13-9+/t15-,16+,17+,18-,19+,21+,22+,24-/m1/s1. The molecule has 2 aliphatic carbocycles. The number of hydrogen-bond donors (Lipinski definition) is 4. The summed E-state index contributed by atoms with van der Waals surface area (Å²) in [4.78, 5) is 27.3. The van der Waals surface area contributed by atoms with Crippen LogP contribution in [-0.2, 0) is 9.59 Å². The van der Waals surface area contributed by atoms with Gasteiger partial charge in [0, 0.05) is 24.3 Å². The van der Waals surface area contributed by atoms with Crippen LogP contribution in [0.4, 0.5) is 0 Å². The first-order valence-corrected chi connectivity index (χ1v) is 11.2. The van der Waals surface area contributed by atoms with E-state index in [0.717, 1.165) is 12.0 Å². The average Bonchev–Trinajstić information content (AvgIpc) is 2.94. The third kappa shape index (κ3) is 3.78. The van der Waals surface area contributed by atoms with Crippen molar-refractivity contribution in [1.29, 1.82) is 0 Å². The Kier molecular flexibility index (Phi) is 6.61. The van der Waals surface area contributed by atoms with E-state index < -0.39 is 29.6 Å². The summed E-state index contributed by atoms with van der Waals surface area (Å²) in [6, 6.07) is -0.117. The zero-order valence-corrected chi connectivity index (χ0v) is 18.8. The molecule has 8 atom stereocenters. The number of aliphatic hydroxyl groups is 3. The molecule has 1 aliphatic heterocycles. The first-order chi connectivity index (χ1) is 14.0. The summed E-state index contributed by atoms with van der Waals surface area (Å²) in [7, 11) is 0. The second-order valence-corrected chi connectivity index (χ2v) is 10.1. The molecule has 0 aromatic rings. The minimum Gasteiger partial charge on any atom is -0.390 e. The van der Waals surface area contributed by atoms with Gasteiger partial charge in [-0.15, -0.1) is 0 Å². The summed E-state index contributed by atoms with van der Waals surface area (Å²) in [6.07, 6.45) is 1.35. The number of allylic oxidation sites excluding steroid dienone is 4. The number of amides is 1. The van der Waals surface area contributed by atoms with Gasteiger partial charge in [0.05, 0.1) is 12.2 Å². The number of rotatable bonds is 2. The molecule has 168 valence electrons. The molecule has 1 spiro atoms. The van der Waals surface area contributed by atoms with Crippen LogP contribution >= 0.6 is 0 Å². The van der Waals surface area contributed by atoms with Gasteiger partial charge in [0.1, 0.15) is 11.5 Å². The lowest BCUT2D eigenvalue weighted by Crippen LogP contribution is -2.53. The van der Waals surface area contributed by atoms with Crippen LogP contribution in [0, 0.1) is 29.1 Å². The Bertz CT molecular complexity index is 757. The largest absolute Gasteiger partial charge is 0.390 e.